The van der Waals surface area contributed by atoms with Gasteiger partial charge >= 0.3 is 0 Å². The van der Waals surface area contributed by atoms with Crippen LogP contribution in [0, 0.1) is 0 Å². The van der Waals surface area contributed by atoms with Crippen molar-refractivity contribution in [3.8, 4) is 0 Å². The van der Waals surface area contributed by atoms with Crippen molar-refractivity contribution in [3.05, 3.63) is 47.5 Å². The zero-order valence-electron chi connectivity index (χ0n) is 14.3. The molecule has 21 heavy (non-hydrogen) atoms. The first-order valence-electron chi connectivity index (χ1n) is 8.23. The number of benzene rings is 1. The lowest BCUT2D eigenvalue weighted by Crippen LogP contribution is -2.24. The third-order valence-electron chi connectivity index (χ3n) is 3.77. The molecule has 2 nitrogen and oxygen atoms in total. The molecule has 0 aliphatic carbocycles. The van der Waals surface area contributed by atoms with Crippen LogP contribution in [0.25, 0.3) is 0 Å². The number of likely N-dealkylation sites (N-methyl/N-ethyl adjacent to an activating group) is 1. The van der Waals surface area contributed by atoms with Crippen LogP contribution in [0.4, 0.5) is 0 Å². The number of nitrogens with one attached hydrogen (secondary N) is 1. The van der Waals surface area contributed by atoms with E-state index in [0.717, 1.165) is 32.7 Å². The molecule has 2 heteroatoms. The number of hydrogen-bond acceptors (Lipinski definition) is 2. The first-order chi connectivity index (χ1) is 10.1. The topological polar surface area (TPSA) is 15.3 Å². The van der Waals surface area contributed by atoms with E-state index in [-0.39, 0.29) is 0 Å². The summed E-state index contributed by atoms with van der Waals surface area (Å²) >= 11 is 0. The van der Waals surface area contributed by atoms with Crippen molar-refractivity contribution < 1.29 is 0 Å². The maximum atomic E-state index is 4.01. The predicted molar refractivity (Wildman–Crippen MR) is 93.8 cm³/mol. The Balaban J connectivity index is 2.54. The lowest BCUT2D eigenvalue weighted by molar-refractivity contribution is 0.304. The van der Waals surface area contributed by atoms with Crippen molar-refractivity contribution in [2.75, 3.05) is 26.2 Å². The number of hydrogen-bond donors (Lipinski definition) is 1. The predicted octanol–water partition coefficient (Wildman–Crippen LogP) is 4.19. The zero-order valence-corrected chi connectivity index (χ0v) is 14.3. The maximum Gasteiger partial charge on any atom is 0.0237 e. The third kappa shape index (κ3) is 6.92. The minimum atomic E-state index is 0.572. The van der Waals surface area contributed by atoms with E-state index in [1.54, 1.807) is 0 Å². The normalized spacial score (nSPS) is 12.6. The molecule has 0 aliphatic rings. The van der Waals surface area contributed by atoms with Crippen molar-refractivity contribution in [2.24, 2.45) is 0 Å². The molecule has 1 aromatic carbocycles. The van der Waals surface area contributed by atoms with Gasteiger partial charge in [0.15, 0.2) is 0 Å². The molecule has 118 valence electrons. The van der Waals surface area contributed by atoms with Gasteiger partial charge in [-0.2, -0.15) is 0 Å². The maximum absolute atomic E-state index is 4.01. The lowest BCUT2D eigenvalue weighted by Gasteiger charge is -2.21. The highest BCUT2D eigenvalue weighted by Gasteiger charge is 2.07. The van der Waals surface area contributed by atoms with Crippen LogP contribution in [-0.4, -0.2) is 31.1 Å². The Labute approximate surface area is 131 Å². The Kier molecular flexibility index (Phi) is 8.33. The monoisotopic (exact) mass is 288 g/mol. The number of nitrogens with zero attached hydrogens (tertiary/aromatic N) is 1. The van der Waals surface area contributed by atoms with Gasteiger partial charge in [0, 0.05) is 19.6 Å². The average molecular weight is 288 g/mol. The molecule has 0 aromatic heterocycles. The summed E-state index contributed by atoms with van der Waals surface area (Å²) in [6, 6.07) is 9.10. The minimum Gasteiger partial charge on any atom is -0.316 e. The van der Waals surface area contributed by atoms with E-state index in [4.69, 9.17) is 0 Å². The van der Waals surface area contributed by atoms with Gasteiger partial charge < -0.3 is 5.32 Å². The fourth-order valence-corrected chi connectivity index (χ4v) is 2.48. The summed E-state index contributed by atoms with van der Waals surface area (Å²) in [4.78, 5) is 2.42. The average Bonchev–Trinajstić information content (AvgIpc) is 2.47. The standard InChI is InChI=1S/C19H32N2/c1-6-12-20-13-17(5)19-10-8-18(9-11-19)15-21(7-2)14-16(3)4/h8-11,17,20H,3,6-7,12-15H2,1-2,4-5H3. The van der Waals surface area contributed by atoms with Crippen molar-refractivity contribution in [2.45, 2.75) is 46.6 Å². The summed E-state index contributed by atoms with van der Waals surface area (Å²) in [6.07, 6.45) is 1.20. The molecule has 1 unspecified atom stereocenters. The summed E-state index contributed by atoms with van der Waals surface area (Å²) in [5, 5.41) is 3.49. The minimum absolute atomic E-state index is 0.572. The summed E-state index contributed by atoms with van der Waals surface area (Å²) in [6.45, 7) is 18.0. The second kappa shape index (κ2) is 9.75. The van der Waals surface area contributed by atoms with Crippen LogP contribution in [-0.2, 0) is 6.54 Å². The Morgan fingerprint density at radius 2 is 1.90 bits per heavy atom. The molecule has 0 spiro atoms. The molecule has 0 amide bonds. The molecule has 1 rings (SSSR count). The fourth-order valence-electron chi connectivity index (χ4n) is 2.48. The molecular formula is C19H32N2. The molecule has 1 atom stereocenters. The van der Waals surface area contributed by atoms with Crippen LogP contribution in [0.2, 0.25) is 0 Å². The van der Waals surface area contributed by atoms with Crippen molar-refractivity contribution in [3.63, 3.8) is 0 Å². The highest BCUT2D eigenvalue weighted by atomic mass is 15.1. The van der Waals surface area contributed by atoms with Gasteiger partial charge in [0.1, 0.15) is 0 Å². The van der Waals surface area contributed by atoms with Gasteiger partial charge in [-0.3, -0.25) is 4.90 Å². The highest BCUT2D eigenvalue weighted by molar-refractivity contribution is 5.25. The summed E-state index contributed by atoms with van der Waals surface area (Å²) in [5.41, 5.74) is 4.03. The fraction of sp³-hybridized carbons (Fsp3) is 0.579. The van der Waals surface area contributed by atoms with E-state index >= 15 is 0 Å². The quantitative estimate of drug-likeness (QED) is 0.513. The van der Waals surface area contributed by atoms with Gasteiger partial charge in [0.2, 0.25) is 0 Å². The molecule has 0 bridgehead atoms. The first-order valence-corrected chi connectivity index (χ1v) is 8.23. The van der Waals surface area contributed by atoms with Crippen LogP contribution in [0.3, 0.4) is 0 Å². The van der Waals surface area contributed by atoms with Gasteiger partial charge in [-0.15, -0.1) is 0 Å². The largest absolute Gasteiger partial charge is 0.316 e. The van der Waals surface area contributed by atoms with Crippen molar-refractivity contribution in [1.29, 1.82) is 0 Å². The smallest absolute Gasteiger partial charge is 0.0237 e. The van der Waals surface area contributed by atoms with E-state index in [9.17, 15) is 0 Å². The zero-order chi connectivity index (χ0) is 15.7. The Hall–Kier alpha value is -1.12. The Morgan fingerprint density at radius 1 is 1.24 bits per heavy atom. The molecule has 0 saturated heterocycles. The highest BCUT2D eigenvalue weighted by Crippen LogP contribution is 2.16. The summed E-state index contributed by atoms with van der Waals surface area (Å²) in [5.74, 6) is 0.572. The van der Waals surface area contributed by atoms with Crippen LogP contribution >= 0.6 is 0 Å². The second-order valence-corrected chi connectivity index (χ2v) is 6.11. The molecule has 1 N–H and O–H groups in total. The van der Waals surface area contributed by atoms with Gasteiger partial charge in [-0.05, 0) is 43.5 Å². The Bertz CT molecular complexity index is 408. The lowest BCUT2D eigenvalue weighted by atomic mass is 9.99. The molecule has 0 heterocycles. The molecule has 0 aliphatic heterocycles. The second-order valence-electron chi connectivity index (χ2n) is 6.11. The van der Waals surface area contributed by atoms with Crippen molar-refractivity contribution in [1.82, 2.24) is 10.2 Å². The van der Waals surface area contributed by atoms with Gasteiger partial charge in [0.25, 0.3) is 0 Å². The third-order valence-corrected chi connectivity index (χ3v) is 3.77. The van der Waals surface area contributed by atoms with Crippen molar-refractivity contribution >= 4 is 0 Å². The SMILES string of the molecule is C=C(C)CN(CC)Cc1ccc(C(C)CNCCC)cc1. The molecular weight excluding hydrogens is 256 g/mol. The van der Waals surface area contributed by atoms with Crippen LogP contribution in [0.5, 0.6) is 0 Å². The van der Waals surface area contributed by atoms with Gasteiger partial charge in [-0.1, -0.05) is 57.2 Å². The molecule has 1 aromatic rings. The van der Waals surface area contributed by atoms with Gasteiger partial charge in [0.05, 0.1) is 0 Å². The van der Waals surface area contributed by atoms with E-state index < -0.39 is 0 Å². The summed E-state index contributed by atoms with van der Waals surface area (Å²) in [7, 11) is 0. The van der Waals surface area contributed by atoms with Gasteiger partial charge in [-0.25, -0.2) is 0 Å². The van der Waals surface area contributed by atoms with E-state index in [1.807, 2.05) is 0 Å². The molecule has 0 saturated carbocycles. The Morgan fingerprint density at radius 3 is 2.43 bits per heavy atom. The molecule has 0 radical (unpaired) electrons. The van der Waals surface area contributed by atoms with Crippen LogP contribution in [0.15, 0.2) is 36.4 Å². The first kappa shape index (κ1) is 17.9. The molecule has 0 fully saturated rings. The summed E-state index contributed by atoms with van der Waals surface area (Å²) < 4.78 is 0. The van der Waals surface area contributed by atoms with E-state index in [2.05, 4.69) is 68.8 Å². The number of rotatable bonds is 10. The van der Waals surface area contributed by atoms with E-state index in [1.165, 1.54) is 23.1 Å². The van der Waals surface area contributed by atoms with E-state index in [0.29, 0.717) is 5.92 Å². The van der Waals surface area contributed by atoms with Crippen LogP contribution in [0.1, 0.15) is 51.2 Å². The van der Waals surface area contributed by atoms with Crippen LogP contribution < -0.4 is 5.32 Å².